The molecular weight excluding hydrogens is 282 g/mol. The maximum Gasteiger partial charge on any atom is 0.142 e. The van der Waals surface area contributed by atoms with Gasteiger partial charge in [0.25, 0.3) is 0 Å². The van der Waals surface area contributed by atoms with Crippen LogP contribution in [0, 0.1) is 11.8 Å². The van der Waals surface area contributed by atoms with E-state index in [-0.39, 0.29) is 0 Å². The Hall–Kier alpha value is -0.890. The summed E-state index contributed by atoms with van der Waals surface area (Å²) in [5.74, 6) is 1.94. The van der Waals surface area contributed by atoms with Gasteiger partial charge in [-0.15, -0.1) is 0 Å². The Morgan fingerprint density at radius 1 is 1.22 bits per heavy atom. The minimum absolute atomic E-state index is 0.639. The highest BCUT2D eigenvalue weighted by Gasteiger charge is 2.25. The van der Waals surface area contributed by atoms with E-state index in [0.717, 1.165) is 17.9 Å². The highest BCUT2D eigenvalue weighted by Crippen LogP contribution is 2.37. The third-order valence-corrected chi connectivity index (χ3v) is 5.53. The molecule has 0 aromatic rings. The van der Waals surface area contributed by atoms with Crippen molar-refractivity contribution in [2.45, 2.75) is 83.6 Å². The van der Waals surface area contributed by atoms with Gasteiger partial charge < -0.3 is 5.32 Å². The van der Waals surface area contributed by atoms with Crippen LogP contribution in [0.2, 0.25) is 0 Å². The van der Waals surface area contributed by atoms with Gasteiger partial charge in [-0.3, -0.25) is 4.79 Å². The first-order chi connectivity index (χ1) is 11.2. The van der Waals surface area contributed by atoms with E-state index >= 15 is 0 Å². The molecule has 1 N–H and O–H groups in total. The van der Waals surface area contributed by atoms with Gasteiger partial charge in [0.05, 0.1) is 0 Å². The van der Waals surface area contributed by atoms with Crippen LogP contribution in [0.5, 0.6) is 0 Å². The van der Waals surface area contributed by atoms with Gasteiger partial charge in [-0.1, -0.05) is 50.8 Å². The van der Waals surface area contributed by atoms with Crippen molar-refractivity contribution in [2.24, 2.45) is 11.8 Å². The van der Waals surface area contributed by atoms with Crippen LogP contribution >= 0.6 is 0 Å². The van der Waals surface area contributed by atoms with Gasteiger partial charge in [0, 0.05) is 6.04 Å². The Balaban J connectivity index is 0.000000593. The molecule has 2 rings (SSSR count). The summed E-state index contributed by atoms with van der Waals surface area (Å²) in [4.78, 5) is 9.06. The molecule has 2 nitrogen and oxygen atoms in total. The third-order valence-electron chi connectivity index (χ3n) is 5.53. The Bertz CT molecular complexity index is 347. The summed E-state index contributed by atoms with van der Waals surface area (Å²) < 4.78 is 0. The number of unbranched alkanes of at least 4 members (excludes halogenated alkanes) is 2. The molecule has 0 aromatic carbocycles. The minimum atomic E-state index is 0.639. The zero-order chi connectivity index (χ0) is 16.9. The monoisotopic (exact) mass is 319 g/mol. The van der Waals surface area contributed by atoms with Crippen LogP contribution in [0.1, 0.15) is 77.6 Å². The second kappa shape index (κ2) is 12.5. The number of hydrogen-bond donors (Lipinski definition) is 1. The highest BCUT2D eigenvalue weighted by atomic mass is 16.1. The number of nitrogens with one attached hydrogen (secondary N) is 1. The van der Waals surface area contributed by atoms with E-state index in [2.05, 4.69) is 31.9 Å². The first kappa shape index (κ1) is 20.2. The van der Waals surface area contributed by atoms with E-state index in [1.165, 1.54) is 76.7 Å². The molecule has 0 aliphatic heterocycles. The van der Waals surface area contributed by atoms with E-state index in [1.54, 1.807) is 0 Å². The van der Waals surface area contributed by atoms with Crippen LogP contribution in [0.4, 0.5) is 0 Å². The van der Waals surface area contributed by atoms with Crippen LogP contribution in [0.25, 0.3) is 0 Å². The van der Waals surface area contributed by atoms with Crippen molar-refractivity contribution in [1.29, 1.82) is 0 Å². The van der Waals surface area contributed by atoms with Gasteiger partial charge in [-0.25, -0.2) is 0 Å². The second-order valence-corrected chi connectivity index (χ2v) is 7.12. The van der Waals surface area contributed by atoms with Crippen LogP contribution in [0.3, 0.4) is 0 Å². The van der Waals surface area contributed by atoms with Crippen molar-refractivity contribution in [2.75, 3.05) is 7.05 Å². The van der Waals surface area contributed by atoms with E-state index in [1.807, 2.05) is 5.57 Å². The predicted octanol–water partition coefficient (Wildman–Crippen LogP) is 5.44. The van der Waals surface area contributed by atoms with Crippen molar-refractivity contribution >= 4 is 6.29 Å². The fraction of sp³-hybridized carbons (Fsp3) is 0.762. The third kappa shape index (κ3) is 7.97. The predicted molar refractivity (Wildman–Crippen MR) is 101 cm³/mol. The van der Waals surface area contributed by atoms with E-state index in [9.17, 15) is 0 Å². The summed E-state index contributed by atoms with van der Waals surface area (Å²) >= 11 is 0. The maximum atomic E-state index is 9.06. The quantitative estimate of drug-likeness (QED) is 0.293. The number of allylic oxidation sites excluding steroid dienone is 3. The minimum Gasteiger partial charge on any atom is -0.317 e. The Morgan fingerprint density at radius 3 is 2.39 bits per heavy atom. The smallest absolute Gasteiger partial charge is 0.142 e. The standard InChI is InChI=1S/C18H33N.C3H4O/c1-3-4-5-6-15-7-9-16(10-8-15)17-11-13-18(19-2)14-12-17;1-2-3-4/h9,15,17-19H,3-8,10-14H2,1-2H3;2-3H,1H2. The van der Waals surface area contributed by atoms with Crippen molar-refractivity contribution < 1.29 is 4.79 Å². The molecule has 23 heavy (non-hydrogen) atoms. The zero-order valence-corrected chi connectivity index (χ0v) is 15.4. The molecule has 1 saturated carbocycles. The number of rotatable bonds is 7. The fourth-order valence-corrected chi connectivity index (χ4v) is 3.98. The average Bonchev–Trinajstić information content (AvgIpc) is 2.63. The molecule has 0 heterocycles. The molecule has 2 aliphatic carbocycles. The molecule has 2 aliphatic rings. The number of carbonyl (C=O) groups excluding carboxylic acids is 1. The first-order valence-corrected chi connectivity index (χ1v) is 9.67. The SMILES string of the molecule is C=CC=O.CCCCCC1CC=C(C2CCC(NC)CC2)CC1. The lowest BCUT2D eigenvalue weighted by molar-refractivity contribution is -0.104. The molecule has 0 aromatic heterocycles. The molecular formula is C21H37NO. The van der Waals surface area contributed by atoms with Gasteiger partial charge in [-0.05, 0) is 69.9 Å². The molecule has 0 saturated heterocycles. The van der Waals surface area contributed by atoms with Crippen molar-refractivity contribution in [3.8, 4) is 0 Å². The highest BCUT2D eigenvalue weighted by molar-refractivity contribution is 5.63. The molecule has 0 bridgehead atoms. The Kier molecular flexibility index (Phi) is 11.0. The lowest BCUT2D eigenvalue weighted by atomic mass is 9.75. The molecule has 0 spiro atoms. The number of hydrogen-bond acceptors (Lipinski definition) is 2. The van der Waals surface area contributed by atoms with Gasteiger partial charge in [0.1, 0.15) is 6.29 Å². The van der Waals surface area contributed by atoms with E-state index in [4.69, 9.17) is 4.79 Å². The van der Waals surface area contributed by atoms with Gasteiger partial charge in [-0.2, -0.15) is 0 Å². The molecule has 1 fully saturated rings. The number of aldehydes is 1. The zero-order valence-electron chi connectivity index (χ0n) is 15.4. The Labute approximate surface area is 143 Å². The largest absolute Gasteiger partial charge is 0.317 e. The topological polar surface area (TPSA) is 29.1 Å². The van der Waals surface area contributed by atoms with Gasteiger partial charge in [0.15, 0.2) is 0 Å². The average molecular weight is 320 g/mol. The molecule has 132 valence electrons. The van der Waals surface area contributed by atoms with Crippen molar-refractivity contribution in [3.05, 3.63) is 24.3 Å². The van der Waals surface area contributed by atoms with Crippen LogP contribution in [0.15, 0.2) is 24.3 Å². The second-order valence-electron chi connectivity index (χ2n) is 7.12. The molecule has 1 atom stereocenters. The normalized spacial score (nSPS) is 27.4. The lowest BCUT2D eigenvalue weighted by Gasteiger charge is -2.32. The lowest BCUT2D eigenvalue weighted by Crippen LogP contribution is -2.30. The molecule has 0 amide bonds. The van der Waals surface area contributed by atoms with Gasteiger partial charge in [0.2, 0.25) is 0 Å². The summed E-state index contributed by atoms with van der Waals surface area (Å²) in [5.41, 5.74) is 1.82. The van der Waals surface area contributed by atoms with Crippen molar-refractivity contribution in [3.63, 3.8) is 0 Å². The summed E-state index contributed by atoms with van der Waals surface area (Å²) in [6.45, 7) is 5.42. The first-order valence-electron chi connectivity index (χ1n) is 9.67. The van der Waals surface area contributed by atoms with Gasteiger partial charge >= 0.3 is 0 Å². The summed E-state index contributed by atoms with van der Waals surface area (Å²) in [6.07, 6.45) is 20.1. The maximum absolute atomic E-state index is 9.06. The summed E-state index contributed by atoms with van der Waals surface area (Å²) in [6, 6.07) is 0.794. The number of carbonyl (C=O) groups is 1. The summed E-state index contributed by atoms with van der Waals surface area (Å²) in [5, 5.41) is 3.44. The van der Waals surface area contributed by atoms with E-state index in [0.29, 0.717) is 6.29 Å². The van der Waals surface area contributed by atoms with Crippen LogP contribution in [-0.4, -0.2) is 19.4 Å². The Morgan fingerprint density at radius 2 is 1.91 bits per heavy atom. The van der Waals surface area contributed by atoms with Crippen LogP contribution < -0.4 is 5.32 Å². The fourth-order valence-electron chi connectivity index (χ4n) is 3.98. The molecule has 1 unspecified atom stereocenters. The summed E-state index contributed by atoms with van der Waals surface area (Å²) in [7, 11) is 2.12. The van der Waals surface area contributed by atoms with E-state index < -0.39 is 0 Å². The van der Waals surface area contributed by atoms with Crippen LogP contribution in [-0.2, 0) is 4.79 Å². The molecule has 0 radical (unpaired) electrons. The van der Waals surface area contributed by atoms with Crippen molar-refractivity contribution in [1.82, 2.24) is 5.32 Å². The molecule has 2 heteroatoms.